The van der Waals surface area contributed by atoms with E-state index in [1.165, 1.54) is 10.6 Å². The van der Waals surface area contributed by atoms with Crippen molar-refractivity contribution >= 4 is 11.3 Å². The Hall–Kier alpha value is -1.26. The molecule has 0 bridgehead atoms. The molecule has 0 unspecified atom stereocenters. The first-order valence-corrected chi connectivity index (χ1v) is 8.38. The van der Waals surface area contributed by atoms with Gasteiger partial charge in [-0.15, -0.1) is 11.3 Å². The van der Waals surface area contributed by atoms with Crippen LogP contribution >= 0.6 is 11.3 Å². The summed E-state index contributed by atoms with van der Waals surface area (Å²) >= 11 is 1.77. The quantitative estimate of drug-likeness (QED) is 0.892. The van der Waals surface area contributed by atoms with E-state index in [-0.39, 0.29) is 5.54 Å². The van der Waals surface area contributed by atoms with Crippen molar-refractivity contribution in [3.8, 4) is 10.7 Å². The van der Waals surface area contributed by atoms with Crippen molar-refractivity contribution in [2.24, 2.45) is 0 Å². The minimum Gasteiger partial charge on any atom is -0.307 e. The van der Waals surface area contributed by atoms with Gasteiger partial charge in [0.2, 0.25) is 0 Å². The van der Waals surface area contributed by atoms with Gasteiger partial charge in [0.15, 0.2) is 0 Å². The minimum absolute atomic E-state index is 0.120. The molecule has 114 valence electrons. The summed E-state index contributed by atoms with van der Waals surface area (Å²) in [4.78, 5) is 10.8. The molecule has 0 atom stereocenters. The highest BCUT2D eigenvalue weighted by Gasteiger charge is 2.15. The normalized spacial score (nSPS) is 11.9. The van der Waals surface area contributed by atoms with E-state index in [2.05, 4.69) is 38.0 Å². The molecule has 2 aromatic heterocycles. The molecule has 0 aromatic carbocycles. The Bertz CT molecular complexity index is 596. The van der Waals surface area contributed by atoms with Crippen LogP contribution in [0.25, 0.3) is 10.7 Å². The smallest absolute Gasteiger partial charge is 0.142 e. The van der Waals surface area contributed by atoms with Crippen LogP contribution in [0.2, 0.25) is 0 Å². The fourth-order valence-corrected chi connectivity index (χ4v) is 3.09. The van der Waals surface area contributed by atoms with Crippen LogP contribution in [0.3, 0.4) is 0 Å². The van der Waals surface area contributed by atoms with Gasteiger partial charge < -0.3 is 5.32 Å². The molecule has 0 aliphatic carbocycles. The van der Waals surface area contributed by atoms with Crippen LogP contribution in [0.1, 0.15) is 50.4 Å². The Labute approximate surface area is 131 Å². The highest BCUT2D eigenvalue weighted by Crippen LogP contribution is 2.28. The molecule has 0 spiro atoms. The van der Waals surface area contributed by atoms with Gasteiger partial charge in [-0.05, 0) is 46.2 Å². The maximum absolute atomic E-state index is 4.83. The summed E-state index contributed by atoms with van der Waals surface area (Å²) in [5.74, 6) is 0. The van der Waals surface area contributed by atoms with Gasteiger partial charge in [-0.3, -0.25) is 4.98 Å². The molecule has 1 N–H and O–H groups in total. The Morgan fingerprint density at radius 1 is 1.19 bits per heavy atom. The molecule has 0 saturated heterocycles. The molecule has 4 heteroatoms. The first-order valence-electron chi connectivity index (χ1n) is 7.56. The average molecular weight is 303 g/mol. The van der Waals surface area contributed by atoms with Crippen LogP contribution in [-0.4, -0.2) is 15.5 Å². The standard InChI is InChI=1S/C17H25N3S/c1-6-8-13-15(11-18-17(3,4)5)21-16(20-13)14-10-7-9-12(2)19-14/h7,9-10,18H,6,8,11H2,1-5H3. The Morgan fingerprint density at radius 3 is 2.57 bits per heavy atom. The third kappa shape index (κ3) is 4.61. The number of pyridine rings is 1. The van der Waals surface area contributed by atoms with Crippen molar-refractivity contribution in [2.45, 2.75) is 59.5 Å². The number of thiazole rings is 1. The molecule has 2 rings (SSSR count). The molecule has 0 amide bonds. The van der Waals surface area contributed by atoms with Crippen molar-refractivity contribution in [2.75, 3.05) is 0 Å². The van der Waals surface area contributed by atoms with E-state index in [4.69, 9.17) is 4.98 Å². The molecule has 2 aromatic rings. The van der Waals surface area contributed by atoms with Gasteiger partial charge in [0, 0.05) is 22.7 Å². The fraction of sp³-hybridized carbons (Fsp3) is 0.529. The predicted octanol–water partition coefficient (Wildman–Crippen LogP) is 4.35. The molecular formula is C17H25N3S. The van der Waals surface area contributed by atoms with Gasteiger partial charge in [-0.25, -0.2) is 4.98 Å². The largest absolute Gasteiger partial charge is 0.307 e. The SMILES string of the molecule is CCCc1nc(-c2cccc(C)n2)sc1CNC(C)(C)C. The summed E-state index contributed by atoms with van der Waals surface area (Å²) in [6.07, 6.45) is 2.15. The number of hydrogen-bond acceptors (Lipinski definition) is 4. The van der Waals surface area contributed by atoms with E-state index >= 15 is 0 Å². The van der Waals surface area contributed by atoms with E-state index < -0.39 is 0 Å². The summed E-state index contributed by atoms with van der Waals surface area (Å²) in [6, 6.07) is 6.11. The second kappa shape index (κ2) is 6.67. The second-order valence-electron chi connectivity index (χ2n) is 6.41. The van der Waals surface area contributed by atoms with Crippen molar-refractivity contribution in [1.82, 2.24) is 15.3 Å². The summed E-state index contributed by atoms with van der Waals surface area (Å²) in [7, 11) is 0. The lowest BCUT2D eigenvalue weighted by atomic mass is 10.1. The topological polar surface area (TPSA) is 37.8 Å². The van der Waals surface area contributed by atoms with Crippen LogP contribution in [-0.2, 0) is 13.0 Å². The Kier molecular flexibility index (Phi) is 5.12. The second-order valence-corrected chi connectivity index (χ2v) is 7.49. The van der Waals surface area contributed by atoms with E-state index in [1.54, 1.807) is 11.3 Å². The first kappa shape index (κ1) is 16.1. The van der Waals surface area contributed by atoms with E-state index in [9.17, 15) is 0 Å². The zero-order valence-corrected chi connectivity index (χ0v) is 14.5. The van der Waals surface area contributed by atoms with Crippen LogP contribution in [0.15, 0.2) is 18.2 Å². The number of aromatic nitrogens is 2. The summed E-state index contributed by atoms with van der Waals surface area (Å²) in [5, 5.41) is 4.60. The van der Waals surface area contributed by atoms with Gasteiger partial charge in [0.05, 0.1) is 11.4 Å². The lowest BCUT2D eigenvalue weighted by molar-refractivity contribution is 0.425. The summed E-state index contributed by atoms with van der Waals surface area (Å²) < 4.78 is 0. The zero-order chi connectivity index (χ0) is 15.5. The minimum atomic E-state index is 0.120. The highest BCUT2D eigenvalue weighted by atomic mass is 32.1. The zero-order valence-electron chi connectivity index (χ0n) is 13.7. The molecule has 3 nitrogen and oxygen atoms in total. The third-order valence-corrected chi connectivity index (χ3v) is 4.27. The maximum atomic E-state index is 4.83. The van der Waals surface area contributed by atoms with Crippen LogP contribution in [0.5, 0.6) is 0 Å². The van der Waals surface area contributed by atoms with Gasteiger partial charge >= 0.3 is 0 Å². The number of aryl methyl sites for hydroxylation is 2. The van der Waals surface area contributed by atoms with Crippen molar-refractivity contribution in [1.29, 1.82) is 0 Å². The van der Waals surface area contributed by atoms with Gasteiger partial charge in [-0.1, -0.05) is 19.4 Å². The maximum Gasteiger partial charge on any atom is 0.142 e. The Morgan fingerprint density at radius 2 is 1.95 bits per heavy atom. The van der Waals surface area contributed by atoms with Gasteiger partial charge in [0.25, 0.3) is 0 Å². The summed E-state index contributed by atoms with van der Waals surface area (Å²) in [5.41, 5.74) is 3.36. The lowest BCUT2D eigenvalue weighted by Crippen LogP contribution is -2.35. The van der Waals surface area contributed by atoms with Crippen molar-refractivity contribution in [3.63, 3.8) is 0 Å². The molecule has 0 aliphatic heterocycles. The molecule has 2 heterocycles. The molecule has 21 heavy (non-hydrogen) atoms. The van der Waals surface area contributed by atoms with Gasteiger partial charge in [0.1, 0.15) is 5.01 Å². The molecule has 0 fully saturated rings. The number of nitrogens with zero attached hydrogens (tertiary/aromatic N) is 2. The van der Waals surface area contributed by atoms with E-state index in [0.29, 0.717) is 0 Å². The summed E-state index contributed by atoms with van der Waals surface area (Å²) in [6.45, 7) is 11.7. The van der Waals surface area contributed by atoms with Crippen molar-refractivity contribution in [3.05, 3.63) is 34.5 Å². The van der Waals surface area contributed by atoms with Crippen LogP contribution in [0.4, 0.5) is 0 Å². The van der Waals surface area contributed by atoms with E-state index in [1.807, 2.05) is 25.1 Å². The van der Waals surface area contributed by atoms with Gasteiger partial charge in [-0.2, -0.15) is 0 Å². The van der Waals surface area contributed by atoms with Crippen molar-refractivity contribution < 1.29 is 0 Å². The number of rotatable bonds is 5. The predicted molar refractivity (Wildman–Crippen MR) is 90.7 cm³/mol. The van der Waals surface area contributed by atoms with Crippen LogP contribution in [0, 0.1) is 6.92 Å². The fourth-order valence-electron chi connectivity index (χ4n) is 2.07. The number of hydrogen-bond donors (Lipinski definition) is 1. The molecule has 0 aliphatic rings. The monoisotopic (exact) mass is 303 g/mol. The lowest BCUT2D eigenvalue weighted by Gasteiger charge is -2.20. The van der Waals surface area contributed by atoms with Crippen LogP contribution < -0.4 is 5.32 Å². The van der Waals surface area contributed by atoms with E-state index in [0.717, 1.165) is 35.8 Å². The molecule has 0 radical (unpaired) electrons. The Balaban J connectivity index is 2.28. The molecular weight excluding hydrogens is 278 g/mol. The average Bonchev–Trinajstić information content (AvgIpc) is 2.79. The first-order chi connectivity index (χ1) is 9.89. The third-order valence-electron chi connectivity index (χ3n) is 3.15. The highest BCUT2D eigenvalue weighted by molar-refractivity contribution is 7.15. The number of nitrogens with one attached hydrogen (secondary N) is 1. The molecule has 0 saturated carbocycles.